The summed E-state index contributed by atoms with van der Waals surface area (Å²) in [4.78, 5) is 23.1. The molecular weight excluding hydrogens is 281 g/mol. The summed E-state index contributed by atoms with van der Waals surface area (Å²) < 4.78 is 13.6. The normalized spacial score (nSPS) is 11.9. The van der Waals surface area contributed by atoms with Crippen LogP contribution in [0, 0.1) is 5.82 Å². The molecule has 2 aromatic rings. The highest BCUT2D eigenvalue weighted by Gasteiger charge is 2.17. The number of carboxylic acid groups (broad SMARTS) is 1. The zero-order valence-electron chi connectivity index (χ0n) is 10.6. The molecule has 1 unspecified atom stereocenters. The summed E-state index contributed by atoms with van der Waals surface area (Å²) in [7, 11) is 0. The van der Waals surface area contributed by atoms with Crippen LogP contribution in [0.25, 0.3) is 0 Å². The van der Waals surface area contributed by atoms with E-state index in [0.29, 0.717) is 5.56 Å². The maximum Gasteiger partial charge on any atom is 0.345 e. The molecule has 1 amide bonds. The Hall–Kier alpha value is -2.21. The standard InChI is InChI=1S/C14H12FNO3S/c1-8(9-4-2-3-5-10(9)15)16-13(17)11-6-7-12(20-11)14(18)19/h2-8H,1H3,(H,16,17)(H,18,19). The maximum atomic E-state index is 13.6. The molecule has 0 fully saturated rings. The molecule has 1 heterocycles. The fourth-order valence-electron chi connectivity index (χ4n) is 1.75. The van der Waals surface area contributed by atoms with E-state index < -0.39 is 23.7 Å². The number of carbonyl (C=O) groups is 2. The topological polar surface area (TPSA) is 66.4 Å². The Kier molecular flexibility index (Phi) is 4.14. The number of hydrogen-bond donors (Lipinski definition) is 2. The molecule has 0 aliphatic carbocycles. The highest BCUT2D eigenvalue weighted by molar-refractivity contribution is 7.15. The molecule has 0 radical (unpaired) electrons. The minimum Gasteiger partial charge on any atom is -0.477 e. The number of halogens is 1. The zero-order chi connectivity index (χ0) is 14.7. The summed E-state index contributed by atoms with van der Waals surface area (Å²) in [5.41, 5.74) is 0.385. The number of carbonyl (C=O) groups excluding carboxylic acids is 1. The van der Waals surface area contributed by atoms with Crippen LogP contribution in [-0.2, 0) is 0 Å². The summed E-state index contributed by atoms with van der Waals surface area (Å²) in [6.45, 7) is 1.67. The lowest BCUT2D eigenvalue weighted by Crippen LogP contribution is -2.26. The number of carboxylic acids is 1. The third-order valence-electron chi connectivity index (χ3n) is 2.76. The van der Waals surface area contributed by atoms with Crippen LogP contribution in [0.1, 0.15) is 37.9 Å². The van der Waals surface area contributed by atoms with E-state index in [1.54, 1.807) is 25.1 Å². The van der Waals surface area contributed by atoms with E-state index in [-0.39, 0.29) is 9.75 Å². The van der Waals surface area contributed by atoms with Gasteiger partial charge in [-0.1, -0.05) is 18.2 Å². The van der Waals surface area contributed by atoms with Gasteiger partial charge in [-0.3, -0.25) is 4.79 Å². The van der Waals surface area contributed by atoms with Crippen molar-refractivity contribution in [3.63, 3.8) is 0 Å². The quantitative estimate of drug-likeness (QED) is 0.910. The van der Waals surface area contributed by atoms with Gasteiger partial charge in [0.05, 0.1) is 10.9 Å². The molecule has 6 heteroatoms. The van der Waals surface area contributed by atoms with Gasteiger partial charge in [-0.25, -0.2) is 9.18 Å². The first-order chi connectivity index (χ1) is 9.49. The fraction of sp³-hybridized carbons (Fsp3) is 0.143. The van der Waals surface area contributed by atoms with Crippen LogP contribution in [0.2, 0.25) is 0 Å². The minimum atomic E-state index is -1.07. The molecule has 0 aliphatic heterocycles. The second-order valence-corrected chi connectivity index (χ2v) is 5.27. The van der Waals surface area contributed by atoms with Crippen molar-refractivity contribution in [2.24, 2.45) is 0 Å². The molecule has 0 aliphatic rings. The van der Waals surface area contributed by atoms with Gasteiger partial charge >= 0.3 is 5.97 Å². The van der Waals surface area contributed by atoms with E-state index in [1.807, 2.05) is 0 Å². The van der Waals surface area contributed by atoms with Crippen molar-refractivity contribution in [1.82, 2.24) is 5.32 Å². The van der Waals surface area contributed by atoms with Gasteiger partial charge in [0.15, 0.2) is 0 Å². The predicted molar refractivity (Wildman–Crippen MR) is 73.6 cm³/mol. The first-order valence-electron chi connectivity index (χ1n) is 5.87. The molecule has 1 atom stereocenters. The van der Waals surface area contributed by atoms with E-state index in [2.05, 4.69) is 5.32 Å². The summed E-state index contributed by atoms with van der Waals surface area (Å²) in [6, 6.07) is 8.50. The molecule has 2 N–H and O–H groups in total. The summed E-state index contributed by atoms with van der Waals surface area (Å²) in [6.07, 6.45) is 0. The SMILES string of the molecule is CC(NC(=O)c1ccc(C(=O)O)s1)c1ccccc1F. The fourth-order valence-corrected chi connectivity index (χ4v) is 2.49. The number of thiophene rings is 1. The van der Waals surface area contributed by atoms with Gasteiger partial charge < -0.3 is 10.4 Å². The number of benzene rings is 1. The first-order valence-corrected chi connectivity index (χ1v) is 6.69. The van der Waals surface area contributed by atoms with Crippen LogP contribution < -0.4 is 5.32 Å². The molecule has 1 aromatic carbocycles. The van der Waals surface area contributed by atoms with E-state index >= 15 is 0 Å². The second kappa shape index (κ2) is 5.83. The van der Waals surface area contributed by atoms with Gasteiger partial charge in [-0.2, -0.15) is 0 Å². The smallest absolute Gasteiger partial charge is 0.345 e. The Bertz CT molecular complexity index is 653. The van der Waals surface area contributed by atoms with E-state index in [9.17, 15) is 14.0 Å². The highest BCUT2D eigenvalue weighted by Crippen LogP contribution is 2.20. The molecule has 0 saturated carbocycles. The Labute approximate surface area is 118 Å². The number of aromatic carboxylic acids is 1. The van der Waals surface area contributed by atoms with Crippen LogP contribution in [-0.4, -0.2) is 17.0 Å². The van der Waals surface area contributed by atoms with Crippen molar-refractivity contribution in [2.45, 2.75) is 13.0 Å². The number of amides is 1. The zero-order valence-corrected chi connectivity index (χ0v) is 11.4. The molecule has 0 bridgehead atoms. The second-order valence-electron chi connectivity index (χ2n) is 4.19. The lowest BCUT2D eigenvalue weighted by atomic mass is 10.1. The Morgan fingerprint density at radius 1 is 1.20 bits per heavy atom. The molecule has 0 spiro atoms. The van der Waals surface area contributed by atoms with Crippen LogP contribution in [0.5, 0.6) is 0 Å². The van der Waals surface area contributed by atoms with Crippen molar-refractivity contribution in [2.75, 3.05) is 0 Å². The van der Waals surface area contributed by atoms with Gasteiger partial charge in [0.25, 0.3) is 5.91 Å². The number of nitrogens with one attached hydrogen (secondary N) is 1. The van der Waals surface area contributed by atoms with Gasteiger partial charge in [-0.15, -0.1) is 11.3 Å². The van der Waals surface area contributed by atoms with Crippen LogP contribution in [0.3, 0.4) is 0 Å². The third-order valence-corrected chi connectivity index (χ3v) is 3.83. The van der Waals surface area contributed by atoms with E-state index in [4.69, 9.17) is 5.11 Å². The van der Waals surface area contributed by atoms with Gasteiger partial charge in [0, 0.05) is 5.56 Å². The molecule has 20 heavy (non-hydrogen) atoms. The Morgan fingerprint density at radius 2 is 1.85 bits per heavy atom. The summed E-state index contributed by atoms with van der Waals surface area (Å²) in [5, 5.41) is 11.4. The third kappa shape index (κ3) is 3.03. The maximum absolute atomic E-state index is 13.6. The highest BCUT2D eigenvalue weighted by atomic mass is 32.1. The molecule has 4 nitrogen and oxygen atoms in total. The van der Waals surface area contributed by atoms with E-state index in [1.165, 1.54) is 18.2 Å². The predicted octanol–water partition coefficient (Wildman–Crippen LogP) is 3.08. The van der Waals surface area contributed by atoms with Crippen molar-refractivity contribution >= 4 is 23.2 Å². The van der Waals surface area contributed by atoms with Gasteiger partial charge in [0.2, 0.25) is 0 Å². The number of hydrogen-bond acceptors (Lipinski definition) is 3. The van der Waals surface area contributed by atoms with Crippen LogP contribution in [0.15, 0.2) is 36.4 Å². The van der Waals surface area contributed by atoms with Crippen molar-refractivity contribution < 1.29 is 19.1 Å². The molecule has 104 valence electrons. The van der Waals surface area contributed by atoms with Crippen LogP contribution in [0.4, 0.5) is 4.39 Å². The molecule has 0 saturated heterocycles. The monoisotopic (exact) mass is 293 g/mol. The van der Waals surface area contributed by atoms with Gasteiger partial charge in [0.1, 0.15) is 10.7 Å². The van der Waals surface area contributed by atoms with Crippen molar-refractivity contribution in [3.8, 4) is 0 Å². The van der Waals surface area contributed by atoms with Crippen LogP contribution >= 0.6 is 11.3 Å². The largest absolute Gasteiger partial charge is 0.477 e. The summed E-state index contributed by atoms with van der Waals surface area (Å²) >= 11 is 0.885. The van der Waals surface area contributed by atoms with Crippen molar-refractivity contribution in [3.05, 3.63) is 57.5 Å². The van der Waals surface area contributed by atoms with Crippen molar-refractivity contribution in [1.29, 1.82) is 0 Å². The molecule has 2 rings (SSSR count). The average Bonchev–Trinajstić information content (AvgIpc) is 2.88. The average molecular weight is 293 g/mol. The number of rotatable bonds is 4. The summed E-state index contributed by atoms with van der Waals surface area (Å²) in [5.74, 6) is -1.88. The Balaban J connectivity index is 2.11. The molecule has 1 aromatic heterocycles. The Morgan fingerprint density at radius 3 is 2.45 bits per heavy atom. The molecular formula is C14H12FNO3S. The minimum absolute atomic E-state index is 0.0914. The van der Waals surface area contributed by atoms with Gasteiger partial charge in [-0.05, 0) is 25.1 Å². The lowest BCUT2D eigenvalue weighted by molar-refractivity contribution is 0.0702. The van der Waals surface area contributed by atoms with E-state index in [0.717, 1.165) is 11.3 Å². The lowest BCUT2D eigenvalue weighted by Gasteiger charge is -2.14. The first kappa shape index (κ1) is 14.2.